The number of carboxylic acid groups (broad SMARTS) is 1. The lowest BCUT2D eigenvalue weighted by Crippen LogP contribution is -2.22. The molecule has 3 rings (SSSR count). The number of carbonyl (C=O) groups is 1. The zero-order valence-electron chi connectivity index (χ0n) is 12.2. The fourth-order valence-electron chi connectivity index (χ4n) is 2.72. The number of carboxylic acids is 1. The van der Waals surface area contributed by atoms with Crippen LogP contribution in [0.5, 0.6) is 0 Å². The molecule has 2 aromatic carbocycles. The van der Waals surface area contributed by atoms with Crippen LogP contribution in [-0.4, -0.2) is 16.8 Å². The summed E-state index contributed by atoms with van der Waals surface area (Å²) in [4.78, 5) is 12.3. The van der Waals surface area contributed by atoms with E-state index in [0.29, 0.717) is 5.56 Å². The van der Waals surface area contributed by atoms with Crippen molar-refractivity contribution in [1.82, 2.24) is 0 Å². The summed E-state index contributed by atoms with van der Waals surface area (Å²) in [5.74, 6) is 0.289. The Bertz CT molecular complexity index is 687. The van der Waals surface area contributed by atoms with E-state index < -0.39 is 5.97 Å². The van der Waals surface area contributed by atoms with Crippen LogP contribution in [0.25, 0.3) is 11.1 Å². The molecule has 108 valence electrons. The second kappa shape index (κ2) is 5.23. The van der Waals surface area contributed by atoms with Crippen molar-refractivity contribution in [3.8, 4) is 11.1 Å². The second-order valence-electron chi connectivity index (χ2n) is 6.08. The van der Waals surface area contributed by atoms with Gasteiger partial charge in [0.2, 0.25) is 0 Å². The molecule has 1 heterocycles. The molecular formula is C18H18O2S. The Morgan fingerprint density at radius 3 is 2.43 bits per heavy atom. The molecule has 0 aromatic heterocycles. The Labute approximate surface area is 129 Å². The normalized spacial score (nSPS) is 16.3. The third-order valence-corrected chi connectivity index (χ3v) is 5.23. The summed E-state index contributed by atoms with van der Waals surface area (Å²) in [6, 6.07) is 13.7. The van der Waals surface area contributed by atoms with Crippen molar-refractivity contribution in [2.75, 3.05) is 5.75 Å². The van der Waals surface area contributed by atoms with Crippen molar-refractivity contribution in [2.24, 2.45) is 0 Å². The lowest BCUT2D eigenvalue weighted by molar-refractivity contribution is 0.0697. The van der Waals surface area contributed by atoms with Crippen molar-refractivity contribution >= 4 is 17.7 Å². The van der Waals surface area contributed by atoms with Crippen LogP contribution >= 0.6 is 11.8 Å². The summed E-state index contributed by atoms with van der Waals surface area (Å²) in [6.45, 7) is 4.59. The predicted octanol–water partition coefficient (Wildman–Crippen LogP) is 4.83. The van der Waals surface area contributed by atoms with Crippen LogP contribution in [0.3, 0.4) is 0 Å². The van der Waals surface area contributed by atoms with E-state index in [4.69, 9.17) is 5.11 Å². The Morgan fingerprint density at radius 2 is 1.76 bits per heavy atom. The van der Waals surface area contributed by atoms with E-state index in [1.54, 1.807) is 12.1 Å². The Hall–Kier alpha value is -1.74. The van der Waals surface area contributed by atoms with Crippen molar-refractivity contribution in [1.29, 1.82) is 0 Å². The van der Waals surface area contributed by atoms with E-state index in [0.717, 1.165) is 11.1 Å². The van der Waals surface area contributed by atoms with E-state index in [1.165, 1.54) is 22.6 Å². The quantitative estimate of drug-likeness (QED) is 0.863. The SMILES string of the molecule is CC1(C)CCSc2ccc(-c3ccc(C(=O)O)cc3)cc21. The van der Waals surface area contributed by atoms with Crippen molar-refractivity contribution in [3.63, 3.8) is 0 Å². The van der Waals surface area contributed by atoms with Crippen LogP contribution in [0.4, 0.5) is 0 Å². The highest BCUT2D eigenvalue weighted by molar-refractivity contribution is 7.99. The number of aromatic carboxylic acids is 1. The van der Waals surface area contributed by atoms with Gasteiger partial charge < -0.3 is 5.11 Å². The first-order chi connectivity index (χ1) is 9.97. The minimum Gasteiger partial charge on any atom is -0.478 e. The van der Waals surface area contributed by atoms with E-state index >= 15 is 0 Å². The van der Waals surface area contributed by atoms with Crippen LogP contribution in [0, 0.1) is 0 Å². The molecule has 0 radical (unpaired) electrons. The summed E-state index contributed by atoms with van der Waals surface area (Å²) in [6.07, 6.45) is 1.19. The van der Waals surface area contributed by atoms with Gasteiger partial charge in [0.05, 0.1) is 5.56 Å². The standard InChI is InChI=1S/C18H18O2S/c1-18(2)9-10-21-16-8-7-14(11-15(16)18)12-3-5-13(6-4-12)17(19)20/h3-8,11H,9-10H2,1-2H3,(H,19,20). The lowest BCUT2D eigenvalue weighted by Gasteiger charge is -2.32. The van der Waals surface area contributed by atoms with Crippen molar-refractivity contribution < 1.29 is 9.90 Å². The van der Waals surface area contributed by atoms with Crippen LogP contribution < -0.4 is 0 Å². The minimum absolute atomic E-state index is 0.206. The molecule has 1 N–H and O–H groups in total. The van der Waals surface area contributed by atoms with Gasteiger partial charge in [0.25, 0.3) is 0 Å². The van der Waals surface area contributed by atoms with Gasteiger partial charge in [-0.3, -0.25) is 0 Å². The van der Waals surface area contributed by atoms with Gasteiger partial charge in [0.1, 0.15) is 0 Å². The molecule has 0 fully saturated rings. The van der Waals surface area contributed by atoms with E-state index in [2.05, 4.69) is 32.0 Å². The Morgan fingerprint density at radius 1 is 1.10 bits per heavy atom. The van der Waals surface area contributed by atoms with Gasteiger partial charge in [0.15, 0.2) is 0 Å². The summed E-state index contributed by atoms with van der Waals surface area (Å²) in [5, 5.41) is 8.97. The maximum atomic E-state index is 10.9. The Balaban J connectivity index is 2.02. The van der Waals surface area contributed by atoms with Crippen molar-refractivity contribution in [2.45, 2.75) is 30.6 Å². The highest BCUT2D eigenvalue weighted by Crippen LogP contribution is 2.42. The predicted molar refractivity (Wildman–Crippen MR) is 87.2 cm³/mol. The molecule has 2 nitrogen and oxygen atoms in total. The molecule has 21 heavy (non-hydrogen) atoms. The van der Waals surface area contributed by atoms with E-state index in [1.807, 2.05) is 23.9 Å². The number of thioether (sulfide) groups is 1. The third-order valence-electron chi connectivity index (χ3n) is 4.16. The highest BCUT2D eigenvalue weighted by atomic mass is 32.2. The molecule has 2 aromatic rings. The first-order valence-electron chi connectivity index (χ1n) is 7.08. The molecule has 0 saturated heterocycles. The second-order valence-corrected chi connectivity index (χ2v) is 7.21. The summed E-state index contributed by atoms with van der Waals surface area (Å²) in [7, 11) is 0. The van der Waals surface area contributed by atoms with Gasteiger partial charge in [-0.25, -0.2) is 4.79 Å². The largest absolute Gasteiger partial charge is 0.478 e. The van der Waals surface area contributed by atoms with Crippen LogP contribution in [0.2, 0.25) is 0 Å². The first kappa shape index (κ1) is 14.2. The molecule has 3 heteroatoms. The van der Waals surface area contributed by atoms with Gasteiger partial charge in [-0.1, -0.05) is 32.0 Å². The molecule has 0 atom stereocenters. The third kappa shape index (κ3) is 2.70. The molecule has 0 aliphatic carbocycles. The zero-order valence-corrected chi connectivity index (χ0v) is 13.0. The van der Waals surface area contributed by atoms with E-state index in [9.17, 15) is 4.79 Å². The van der Waals surface area contributed by atoms with Crippen LogP contribution in [-0.2, 0) is 5.41 Å². The number of rotatable bonds is 2. The monoisotopic (exact) mass is 298 g/mol. The van der Waals surface area contributed by atoms with Crippen LogP contribution in [0.1, 0.15) is 36.2 Å². The molecule has 0 bridgehead atoms. The maximum Gasteiger partial charge on any atom is 0.335 e. The van der Waals surface area contributed by atoms with Crippen LogP contribution in [0.15, 0.2) is 47.4 Å². The van der Waals surface area contributed by atoms with Crippen molar-refractivity contribution in [3.05, 3.63) is 53.6 Å². The number of fused-ring (bicyclic) bond motifs is 1. The summed E-state index contributed by atoms with van der Waals surface area (Å²) >= 11 is 1.92. The zero-order chi connectivity index (χ0) is 15.0. The molecule has 1 aliphatic heterocycles. The summed E-state index contributed by atoms with van der Waals surface area (Å²) < 4.78 is 0. The topological polar surface area (TPSA) is 37.3 Å². The number of hydrogen-bond donors (Lipinski definition) is 1. The molecular weight excluding hydrogens is 280 g/mol. The number of benzene rings is 2. The average molecular weight is 298 g/mol. The molecule has 0 saturated carbocycles. The fraction of sp³-hybridized carbons (Fsp3) is 0.278. The van der Waals surface area contributed by atoms with Gasteiger partial charge in [-0.15, -0.1) is 11.8 Å². The highest BCUT2D eigenvalue weighted by Gasteiger charge is 2.27. The van der Waals surface area contributed by atoms with E-state index in [-0.39, 0.29) is 5.41 Å². The molecule has 1 aliphatic rings. The molecule has 0 spiro atoms. The smallest absolute Gasteiger partial charge is 0.335 e. The average Bonchev–Trinajstić information content (AvgIpc) is 2.47. The maximum absolute atomic E-state index is 10.9. The molecule has 0 amide bonds. The first-order valence-corrected chi connectivity index (χ1v) is 8.07. The van der Waals surface area contributed by atoms with Gasteiger partial charge >= 0.3 is 5.97 Å². The van der Waals surface area contributed by atoms with Gasteiger partial charge in [-0.05, 0) is 58.5 Å². The summed E-state index contributed by atoms with van der Waals surface area (Å²) in [5.41, 5.74) is 4.15. The number of hydrogen-bond acceptors (Lipinski definition) is 2. The fourth-order valence-corrected chi connectivity index (χ4v) is 4.21. The minimum atomic E-state index is -0.885. The Kier molecular flexibility index (Phi) is 3.54. The molecule has 0 unspecified atom stereocenters. The lowest BCUT2D eigenvalue weighted by atomic mass is 9.80. The van der Waals surface area contributed by atoms with Gasteiger partial charge in [0, 0.05) is 4.90 Å². The van der Waals surface area contributed by atoms with Gasteiger partial charge in [-0.2, -0.15) is 0 Å².